The Labute approximate surface area is 101 Å². The third kappa shape index (κ3) is 1.08. The van der Waals surface area contributed by atoms with E-state index in [1.807, 2.05) is 0 Å². The van der Waals surface area contributed by atoms with E-state index in [0.717, 1.165) is 12.8 Å². The summed E-state index contributed by atoms with van der Waals surface area (Å²) in [4.78, 5) is 0. The van der Waals surface area contributed by atoms with Gasteiger partial charge >= 0.3 is 0 Å². The van der Waals surface area contributed by atoms with E-state index >= 15 is 0 Å². The minimum absolute atomic E-state index is 0.386. The van der Waals surface area contributed by atoms with E-state index in [2.05, 4.69) is 36.4 Å². The van der Waals surface area contributed by atoms with Crippen molar-refractivity contribution < 1.29 is 5.11 Å². The largest absolute Gasteiger partial charge is 0.385 e. The van der Waals surface area contributed by atoms with Crippen molar-refractivity contribution in [1.29, 1.82) is 0 Å². The Morgan fingerprint density at radius 1 is 1.06 bits per heavy atom. The minimum atomic E-state index is -0.502. The molecule has 1 nitrogen and oxygen atoms in total. The monoisotopic (exact) mass is 224 g/mol. The van der Waals surface area contributed by atoms with E-state index < -0.39 is 5.60 Å². The SMILES string of the molecule is OC12CCCCC1c1c2ccc2ccccc12. The van der Waals surface area contributed by atoms with Crippen molar-refractivity contribution in [3.8, 4) is 0 Å². The minimum Gasteiger partial charge on any atom is -0.385 e. The molecule has 1 heteroatoms. The number of rotatable bonds is 0. The summed E-state index contributed by atoms with van der Waals surface area (Å²) in [6.07, 6.45) is 4.52. The maximum absolute atomic E-state index is 10.7. The van der Waals surface area contributed by atoms with Crippen LogP contribution in [0.25, 0.3) is 10.8 Å². The first-order valence-corrected chi connectivity index (χ1v) is 6.55. The molecule has 2 aromatic rings. The van der Waals surface area contributed by atoms with Crippen LogP contribution in [0.1, 0.15) is 42.7 Å². The number of fused-ring (bicyclic) bond motifs is 6. The topological polar surface area (TPSA) is 20.2 Å². The predicted molar refractivity (Wildman–Crippen MR) is 69.1 cm³/mol. The van der Waals surface area contributed by atoms with Crippen molar-refractivity contribution in [2.24, 2.45) is 0 Å². The van der Waals surface area contributed by atoms with Gasteiger partial charge in [-0.05, 0) is 34.7 Å². The van der Waals surface area contributed by atoms with Crippen LogP contribution in [0.5, 0.6) is 0 Å². The fourth-order valence-electron chi connectivity index (χ4n) is 3.83. The molecule has 0 aromatic heterocycles. The molecule has 17 heavy (non-hydrogen) atoms. The van der Waals surface area contributed by atoms with Gasteiger partial charge in [0.2, 0.25) is 0 Å². The van der Waals surface area contributed by atoms with Crippen LogP contribution in [0.15, 0.2) is 36.4 Å². The molecule has 0 amide bonds. The second-order valence-electron chi connectivity index (χ2n) is 5.47. The smallest absolute Gasteiger partial charge is 0.0968 e. The molecule has 1 N–H and O–H groups in total. The quantitative estimate of drug-likeness (QED) is 0.723. The third-order valence-electron chi connectivity index (χ3n) is 4.66. The first kappa shape index (κ1) is 9.67. The van der Waals surface area contributed by atoms with Crippen LogP contribution in [-0.2, 0) is 5.60 Å². The summed E-state index contributed by atoms with van der Waals surface area (Å²) in [5, 5.41) is 13.4. The van der Waals surface area contributed by atoms with Crippen LogP contribution in [0, 0.1) is 0 Å². The van der Waals surface area contributed by atoms with E-state index in [0.29, 0.717) is 5.92 Å². The molecular weight excluding hydrogens is 208 g/mol. The highest BCUT2D eigenvalue weighted by molar-refractivity contribution is 5.89. The Kier molecular flexibility index (Phi) is 1.77. The summed E-state index contributed by atoms with van der Waals surface area (Å²) < 4.78 is 0. The second kappa shape index (κ2) is 3.11. The van der Waals surface area contributed by atoms with Gasteiger partial charge in [0, 0.05) is 5.92 Å². The van der Waals surface area contributed by atoms with Crippen molar-refractivity contribution in [2.75, 3.05) is 0 Å². The lowest BCUT2D eigenvalue weighted by Gasteiger charge is -2.51. The highest BCUT2D eigenvalue weighted by Gasteiger charge is 2.51. The van der Waals surface area contributed by atoms with Gasteiger partial charge in [-0.1, -0.05) is 49.2 Å². The molecule has 2 aliphatic rings. The predicted octanol–water partition coefficient (Wildman–Crippen LogP) is 3.70. The van der Waals surface area contributed by atoms with Gasteiger partial charge in [0.15, 0.2) is 0 Å². The molecule has 2 unspecified atom stereocenters. The second-order valence-corrected chi connectivity index (χ2v) is 5.47. The molecule has 0 spiro atoms. The zero-order valence-electron chi connectivity index (χ0n) is 9.82. The fourth-order valence-corrected chi connectivity index (χ4v) is 3.83. The van der Waals surface area contributed by atoms with Crippen LogP contribution in [-0.4, -0.2) is 5.11 Å². The average molecular weight is 224 g/mol. The van der Waals surface area contributed by atoms with E-state index in [4.69, 9.17) is 0 Å². The Bertz CT molecular complexity index is 601. The maximum atomic E-state index is 10.7. The van der Waals surface area contributed by atoms with Gasteiger partial charge in [0.05, 0.1) is 5.60 Å². The Morgan fingerprint density at radius 2 is 1.94 bits per heavy atom. The molecule has 0 radical (unpaired) electrons. The molecule has 1 fully saturated rings. The van der Waals surface area contributed by atoms with Crippen LogP contribution in [0.2, 0.25) is 0 Å². The number of hydrogen-bond acceptors (Lipinski definition) is 1. The third-order valence-corrected chi connectivity index (χ3v) is 4.66. The lowest BCUT2D eigenvalue weighted by atomic mass is 9.57. The molecule has 2 atom stereocenters. The van der Waals surface area contributed by atoms with Crippen molar-refractivity contribution in [2.45, 2.75) is 37.2 Å². The standard InChI is InChI=1S/C16H16O/c17-16-10-4-3-7-13(16)15-12-6-2-1-5-11(12)8-9-14(15)16/h1-2,5-6,8-9,13,17H,3-4,7,10H2. The zero-order valence-corrected chi connectivity index (χ0v) is 9.82. The van der Waals surface area contributed by atoms with Gasteiger partial charge in [-0.2, -0.15) is 0 Å². The molecule has 0 aliphatic heterocycles. The fraction of sp³-hybridized carbons (Fsp3) is 0.375. The first-order chi connectivity index (χ1) is 8.31. The molecule has 0 bridgehead atoms. The Hall–Kier alpha value is -1.34. The molecule has 2 aliphatic carbocycles. The van der Waals surface area contributed by atoms with Crippen LogP contribution in [0.3, 0.4) is 0 Å². The highest BCUT2D eigenvalue weighted by Crippen LogP contribution is 2.59. The lowest BCUT2D eigenvalue weighted by molar-refractivity contribution is -0.0483. The molecule has 4 rings (SSSR count). The average Bonchev–Trinajstić information content (AvgIpc) is 2.36. The van der Waals surface area contributed by atoms with Crippen molar-refractivity contribution in [3.05, 3.63) is 47.5 Å². The van der Waals surface area contributed by atoms with E-state index in [1.54, 1.807) is 0 Å². The number of aliphatic hydroxyl groups is 1. The van der Waals surface area contributed by atoms with E-state index in [9.17, 15) is 5.11 Å². The molecule has 1 saturated carbocycles. The van der Waals surface area contributed by atoms with Gasteiger partial charge in [0.1, 0.15) is 0 Å². The summed E-state index contributed by atoms with van der Waals surface area (Å²) in [6.45, 7) is 0. The first-order valence-electron chi connectivity index (χ1n) is 6.55. The lowest BCUT2D eigenvalue weighted by Crippen LogP contribution is -2.45. The summed E-state index contributed by atoms with van der Waals surface area (Å²) >= 11 is 0. The van der Waals surface area contributed by atoms with Gasteiger partial charge in [-0.25, -0.2) is 0 Å². The summed E-state index contributed by atoms with van der Waals surface area (Å²) in [5.74, 6) is 0.386. The Balaban J connectivity index is 2.01. The molecule has 86 valence electrons. The van der Waals surface area contributed by atoms with Crippen molar-refractivity contribution in [3.63, 3.8) is 0 Å². The van der Waals surface area contributed by atoms with Crippen molar-refractivity contribution >= 4 is 10.8 Å². The Morgan fingerprint density at radius 3 is 2.88 bits per heavy atom. The summed E-state index contributed by atoms with van der Waals surface area (Å²) in [6, 6.07) is 12.8. The van der Waals surface area contributed by atoms with Gasteiger partial charge in [0.25, 0.3) is 0 Å². The van der Waals surface area contributed by atoms with Crippen LogP contribution >= 0.6 is 0 Å². The van der Waals surface area contributed by atoms with Crippen molar-refractivity contribution in [1.82, 2.24) is 0 Å². The van der Waals surface area contributed by atoms with Gasteiger partial charge < -0.3 is 5.11 Å². The van der Waals surface area contributed by atoms with Gasteiger partial charge in [-0.3, -0.25) is 0 Å². The number of benzene rings is 2. The van der Waals surface area contributed by atoms with E-state index in [1.165, 1.54) is 34.7 Å². The molecule has 2 aromatic carbocycles. The van der Waals surface area contributed by atoms with Crippen LogP contribution in [0.4, 0.5) is 0 Å². The van der Waals surface area contributed by atoms with Crippen LogP contribution < -0.4 is 0 Å². The molecular formula is C16H16O. The maximum Gasteiger partial charge on any atom is 0.0968 e. The highest BCUT2D eigenvalue weighted by atomic mass is 16.3. The van der Waals surface area contributed by atoms with E-state index in [-0.39, 0.29) is 0 Å². The molecule has 0 heterocycles. The zero-order chi connectivity index (χ0) is 11.5. The molecule has 0 saturated heterocycles. The number of hydrogen-bond donors (Lipinski definition) is 1. The summed E-state index contributed by atoms with van der Waals surface area (Å²) in [5.41, 5.74) is 2.11. The normalized spacial score (nSPS) is 30.5. The van der Waals surface area contributed by atoms with Gasteiger partial charge in [-0.15, -0.1) is 0 Å². The summed E-state index contributed by atoms with van der Waals surface area (Å²) in [7, 11) is 0.